The molecule has 4 heteroatoms. The normalized spacial score (nSPS) is 23.6. The fraction of sp³-hybridized carbons (Fsp3) is 0.643. The number of pyridine rings is 1. The Morgan fingerprint density at radius 1 is 1.56 bits per heavy atom. The van der Waals surface area contributed by atoms with Crippen molar-refractivity contribution in [2.24, 2.45) is 0 Å². The number of hydrogen-bond donors (Lipinski definition) is 3. The predicted molar refractivity (Wildman–Crippen MR) is 73.2 cm³/mol. The fourth-order valence-electron chi connectivity index (χ4n) is 2.70. The van der Waals surface area contributed by atoms with Crippen molar-refractivity contribution >= 4 is 5.69 Å². The first-order valence-electron chi connectivity index (χ1n) is 6.71. The molecule has 18 heavy (non-hydrogen) atoms. The van der Waals surface area contributed by atoms with Gasteiger partial charge in [-0.2, -0.15) is 0 Å². The van der Waals surface area contributed by atoms with Crippen LogP contribution in [0.25, 0.3) is 0 Å². The van der Waals surface area contributed by atoms with Crippen molar-refractivity contribution in [3.63, 3.8) is 0 Å². The third-order valence-corrected chi connectivity index (χ3v) is 3.61. The average Bonchev–Trinajstić information content (AvgIpc) is 2.32. The molecule has 2 unspecified atom stereocenters. The number of piperidine rings is 1. The maximum absolute atomic E-state index is 10.5. The van der Waals surface area contributed by atoms with Crippen LogP contribution in [0.15, 0.2) is 18.5 Å². The van der Waals surface area contributed by atoms with Gasteiger partial charge in [0.2, 0.25) is 0 Å². The van der Waals surface area contributed by atoms with E-state index < -0.39 is 5.60 Å². The quantitative estimate of drug-likeness (QED) is 0.756. The van der Waals surface area contributed by atoms with Gasteiger partial charge < -0.3 is 16.2 Å². The first-order valence-corrected chi connectivity index (χ1v) is 6.71. The van der Waals surface area contributed by atoms with Crippen molar-refractivity contribution in [3.05, 3.63) is 24.0 Å². The van der Waals surface area contributed by atoms with E-state index in [9.17, 15) is 5.11 Å². The number of anilines is 1. The van der Waals surface area contributed by atoms with E-state index in [4.69, 9.17) is 5.73 Å². The summed E-state index contributed by atoms with van der Waals surface area (Å²) < 4.78 is 0. The number of nitrogens with zero attached hydrogens (tertiary/aromatic N) is 1. The second-order valence-corrected chi connectivity index (χ2v) is 5.60. The molecular weight excluding hydrogens is 226 g/mol. The largest absolute Gasteiger partial charge is 0.398 e. The summed E-state index contributed by atoms with van der Waals surface area (Å²) in [6.45, 7) is 2.95. The number of aliphatic hydroxyl groups is 1. The molecule has 0 spiro atoms. The van der Waals surface area contributed by atoms with Gasteiger partial charge in [0.05, 0.1) is 5.60 Å². The van der Waals surface area contributed by atoms with E-state index in [2.05, 4.69) is 10.3 Å². The number of rotatable bonds is 4. The lowest BCUT2D eigenvalue weighted by Gasteiger charge is -2.31. The van der Waals surface area contributed by atoms with Crippen molar-refractivity contribution in [2.45, 2.75) is 50.7 Å². The van der Waals surface area contributed by atoms with Gasteiger partial charge >= 0.3 is 0 Å². The van der Waals surface area contributed by atoms with E-state index in [1.165, 1.54) is 12.8 Å². The summed E-state index contributed by atoms with van der Waals surface area (Å²) in [5.74, 6) is 0. The van der Waals surface area contributed by atoms with Crippen molar-refractivity contribution in [2.75, 3.05) is 12.3 Å². The Labute approximate surface area is 109 Å². The molecule has 0 amide bonds. The molecule has 0 aliphatic carbocycles. The molecule has 1 aromatic heterocycles. The lowest BCUT2D eigenvalue weighted by molar-refractivity contribution is 0.0372. The third-order valence-electron chi connectivity index (χ3n) is 3.61. The topological polar surface area (TPSA) is 71.2 Å². The molecule has 1 aromatic rings. The fourth-order valence-corrected chi connectivity index (χ4v) is 2.70. The molecule has 100 valence electrons. The minimum atomic E-state index is -0.730. The van der Waals surface area contributed by atoms with Crippen LogP contribution in [0.1, 0.15) is 38.2 Å². The van der Waals surface area contributed by atoms with Gasteiger partial charge in [-0.1, -0.05) is 6.42 Å². The number of nitrogens with one attached hydrogen (secondary N) is 1. The molecule has 2 heterocycles. The highest BCUT2D eigenvalue weighted by Gasteiger charge is 2.27. The number of nitrogen functional groups attached to an aromatic ring is 1. The minimum absolute atomic E-state index is 0.423. The number of nitrogens with two attached hydrogens (primary N) is 1. The zero-order valence-corrected chi connectivity index (χ0v) is 11.0. The van der Waals surface area contributed by atoms with Gasteiger partial charge in [0.15, 0.2) is 0 Å². The molecule has 2 atom stereocenters. The van der Waals surface area contributed by atoms with Gasteiger partial charge in [-0.3, -0.25) is 4.98 Å². The van der Waals surface area contributed by atoms with Crippen LogP contribution < -0.4 is 11.1 Å². The molecule has 4 N–H and O–H groups in total. The van der Waals surface area contributed by atoms with Gasteiger partial charge in [-0.05, 0) is 44.4 Å². The second-order valence-electron chi connectivity index (χ2n) is 5.60. The van der Waals surface area contributed by atoms with E-state index >= 15 is 0 Å². The van der Waals surface area contributed by atoms with Crippen LogP contribution in [0.4, 0.5) is 5.69 Å². The molecule has 0 aromatic carbocycles. The van der Waals surface area contributed by atoms with Gasteiger partial charge in [-0.15, -0.1) is 0 Å². The van der Waals surface area contributed by atoms with E-state index in [0.717, 1.165) is 24.9 Å². The van der Waals surface area contributed by atoms with Crippen LogP contribution in [-0.2, 0) is 6.42 Å². The summed E-state index contributed by atoms with van der Waals surface area (Å²) in [5.41, 5.74) is 6.80. The summed E-state index contributed by atoms with van der Waals surface area (Å²) in [4.78, 5) is 4.07. The van der Waals surface area contributed by atoms with Crippen LogP contribution in [-0.4, -0.2) is 28.3 Å². The second kappa shape index (κ2) is 5.67. The van der Waals surface area contributed by atoms with Crippen LogP contribution in [0.5, 0.6) is 0 Å². The first-order chi connectivity index (χ1) is 8.57. The number of aromatic nitrogens is 1. The molecule has 1 aliphatic heterocycles. The maximum Gasteiger partial charge on any atom is 0.0676 e. The third kappa shape index (κ3) is 3.68. The monoisotopic (exact) mass is 249 g/mol. The van der Waals surface area contributed by atoms with Crippen molar-refractivity contribution in [3.8, 4) is 0 Å². The smallest absolute Gasteiger partial charge is 0.0676 e. The van der Waals surface area contributed by atoms with Crippen molar-refractivity contribution in [1.82, 2.24) is 10.3 Å². The molecule has 0 radical (unpaired) electrons. The lowest BCUT2D eigenvalue weighted by atomic mass is 9.87. The Morgan fingerprint density at radius 3 is 3.06 bits per heavy atom. The lowest BCUT2D eigenvalue weighted by Crippen LogP contribution is -2.42. The molecule has 1 saturated heterocycles. The highest BCUT2D eigenvalue weighted by Crippen LogP contribution is 2.24. The van der Waals surface area contributed by atoms with Gasteiger partial charge in [-0.25, -0.2) is 0 Å². The van der Waals surface area contributed by atoms with Gasteiger partial charge in [0, 0.05) is 30.5 Å². The van der Waals surface area contributed by atoms with Gasteiger partial charge in [0.1, 0.15) is 0 Å². The van der Waals surface area contributed by atoms with E-state index in [0.29, 0.717) is 18.2 Å². The molecule has 2 rings (SSSR count). The number of hydrogen-bond acceptors (Lipinski definition) is 4. The Balaban J connectivity index is 1.96. The van der Waals surface area contributed by atoms with Crippen molar-refractivity contribution in [1.29, 1.82) is 0 Å². The zero-order chi connectivity index (χ0) is 13.0. The van der Waals surface area contributed by atoms with Crippen LogP contribution in [0.2, 0.25) is 0 Å². The molecule has 0 bridgehead atoms. The summed E-state index contributed by atoms with van der Waals surface area (Å²) in [7, 11) is 0. The summed E-state index contributed by atoms with van der Waals surface area (Å²) in [6, 6.07) is 2.20. The van der Waals surface area contributed by atoms with Crippen LogP contribution >= 0.6 is 0 Å². The van der Waals surface area contributed by atoms with Crippen molar-refractivity contribution < 1.29 is 5.11 Å². The van der Waals surface area contributed by atoms with Gasteiger partial charge in [0.25, 0.3) is 0 Å². The molecule has 1 fully saturated rings. The molecule has 4 nitrogen and oxygen atoms in total. The van der Waals surface area contributed by atoms with Crippen LogP contribution in [0.3, 0.4) is 0 Å². The average molecular weight is 249 g/mol. The van der Waals surface area contributed by atoms with E-state index in [-0.39, 0.29) is 0 Å². The Bertz CT molecular complexity index is 386. The summed E-state index contributed by atoms with van der Waals surface area (Å²) in [5, 5.41) is 14.0. The first kappa shape index (κ1) is 13.3. The van der Waals surface area contributed by atoms with E-state index in [1.54, 1.807) is 18.5 Å². The zero-order valence-electron chi connectivity index (χ0n) is 11.0. The standard InChI is InChI=1S/C14H23N3O/c1-14(18,9-12-4-2-3-6-17-12)8-11-10-16-7-5-13(11)15/h5,7,10,12,17-18H,2-4,6,8-9H2,1H3,(H2,15,16). The maximum atomic E-state index is 10.5. The highest BCUT2D eigenvalue weighted by molar-refractivity contribution is 5.44. The Hall–Kier alpha value is -1.13. The predicted octanol–water partition coefficient (Wildman–Crippen LogP) is 1.49. The minimum Gasteiger partial charge on any atom is -0.398 e. The van der Waals surface area contributed by atoms with Crippen LogP contribution in [0, 0.1) is 0 Å². The summed E-state index contributed by atoms with van der Waals surface area (Å²) >= 11 is 0. The summed E-state index contributed by atoms with van der Waals surface area (Å²) in [6.07, 6.45) is 8.40. The molecule has 0 saturated carbocycles. The Kier molecular flexibility index (Phi) is 4.19. The van der Waals surface area contributed by atoms with E-state index in [1.807, 2.05) is 6.92 Å². The SMILES string of the molecule is CC(O)(Cc1cnccc1N)CC1CCCCN1. The highest BCUT2D eigenvalue weighted by atomic mass is 16.3. The Morgan fingerprint density at radius 2 is 2.39 bits per heavy atom. The molecular formula is C14H23N3O. The molecule has 1 aliphatic rings.